The third kappa shape index (κ3) is 4.13. The fourth-order valence-corrected chi connectivity index (χ4v) is 3.10. The number of hydrogen-bond donors (Lipinski definition) is 2. The Morgan fingerprint density at radius 2 is 1.96 bits per heavy atom. The molecule has 0 aliphatic carbocycles. The average Bonchev–Trinajstić information content (AvgIpc) is 2.67. The number of benzene rings is 1. The second-order valence-electron chi connectivity index (χ2n) is 6.22. The Morgan fingerprint density at radius 1 is 1.27 bits per heavy atom. The number of aromatic nitrogens is 2. The number of hydrogen-bond acceptors (Lipinski definition) is 5. The van der Waals surface area contributed by atoms with E-state index in [1.54, 1.807) is 18.6 Å². The number of nitrogens with one attached hydrogen (secondary N) is 1. The largest absolute Gasteiger partial charge is 0.386 e. The number of carbonyl (C=O) groups excluding carboxylic acids is 1. The second-order valence-corrected chi connectivity index (χ2v) is 6.22. The predicted octanol–water partition coefficient (Wildman–Crippen LogP) is 1.82. The van der Waals surface area contributed by atoms with Crippen LogP contribution in [0.5, 0.6) is 0 Å². The van der Waals surface area contributed by atoms with Gasteiger partial charge in [0.15, 0.2) is 0 Å². The van der Waals surface area contributed by atoms with Crippen molar-refractivity contribution in [3.05, 3.63) is 54.0 Å². The van der Waals surface area contributed by atoms with E-state index in [-0.39, 0.29) is 18.4 Å². The van der Waals surface area contributed by atoms with Crippen LogP contribution in [0.25, 0.3) is 0 Å². The zero-order valence-electron chi connectivity index (χ0n) is 14.1. The number of anilines is 1. The molecular weight excluding hydrogens is 342 g/mol. The fourth-order valence-electron chi connectivity index (χ4n) is 3.10. The van der Waals surface area contributed by atoms with Crippen LogP contribution in [0.3, 0.4) is 0 Å². The summed E-state index contributed by atoms with van der Waals surface area (Å²) in [6.45, 7) is 1.10. The van der Waals surface area contributed by atoms with Gasteiger partial charge in [0.2, 0.25) is 5.91 Å². The third-order valence-electron chi connectivity index (χ3n) is 4.54. The van der Waals surface area contributed by atoms with Crippen molar-refractivity contribution in [2.75, 3.05) is 24.5 Å². The quantitative estimate of drug-likeness (QED) is 0.848. The molecule has 0 spiro atoms. The zero-order chi connectivity index (χ0) is 18.5. The molecule has 2 heterocycles. The number of piperidine rings is 1. The van der Waals surface area contributed by atoms with Crippen molar-refractivity contribution in [3.63, 3.8) is 0 Å². The highest BCUT2D eigenvalue weighted by atomic mass is 19.1. The predicted molar refractivity (Wildman–Crippen MR) is 91.3 cm³/mol. The molecule has 1 aromatic heterocycles. The van der Waals surface area contributed by atoms with Gasteiger partial charge in [-0.2, -0.15) is 0 Å². The molecule has 2 N–H and O–H groups in total. The highest BCUT2D eigenvalue weighted by Gasteiger charge is 2.26. The Kier molecular flexibility index (Phi) is 5.72. The van der Waals surface area contributed by atoms with Gasteiger partial charge in [-0.25, -0.2) is 13.8 Å². The van der Waals surface area contributed by atoms with Crippen LogP contribution < -0.4 is 10.2 Å². The molecular formula is C18H20F2N4O2. The van der Waals surface area contributed by atoms with Gasteiger partial charge in [-0.3, -0.25) is 9.78 Å². The molecule has 1 saturated heterocycles. The summed E-state index contributed by atoms with van der Waals surface area (Å²) >= 11 is 0. The van der Waals surface area contributed by atoms with Gasteiger partial charge in [0.25, 0.3) is 0 Å². The van der Waals surface area contributed by atoms with Crippen LogP contribution in [0.4, 0.5) is 14.6 Å². The summed E-state index contributed by atoms with van der Waals surface area (Å²) in [5.74, 6) is -1.31. The summed E-state index contributed by atoms with van der Waals surface area (Å²) in [5.41, 5.74) is -0.426. The number of rotatable bonds is 5. The Balaban J connectivity index is 1.50. The van der Waals surface area contributed by atoms with Gasteiger partial charge in [-0.15, -0.1) is 0 Å². The minimum absolute atomic E-state index is 0.208. The number of aliphatic hydroxyl groups excluding tert-OH is 1. The smallest absolute Gasteiger partial charge is 0.223 e. The number of amides is 1. The molecule has 1 amide bonds. The second kappa shape index (κ2) is 8.18. The van der Waals surface area contributed by atoms with E-state index in [0.29, 0.717) is 25.9 Å². The first-order chi connectivity index (χ1) is 12.6. The number of halogens is 2. The van der Waals surface area contributed by atoms with Gasteiger partial charge >= 0.3 is 0 Å². The number of aliphatic hydroxyl groups is 1. The van der Waals surface area contributed by atoms with Gasteiger partial charge in [0, 0.05) is 37.9 Å². The monoisotopic (exact) mass is 362 g/mol. The molecule has 0 saturated carbocycles. The molecule has 3 rings (SSSR count). The molecule has 8 heteroatoms. The van der Waals surface area contributed by atoms with Crippen molar-refractivity contribution < 1.29 is 18.7 Å². The van der Waals surface area contributed by atoms with E-state index in [4.69, 9.17) is 0 Å². The SMILES string of the molecule is O=C(NCC(O)c1c(F)cccc1F)C1CCN(c2cnccn2)CC1. The van der Waals surface area contributed by atoms with E-state index >= 15 is 0 Å². The van der Waals surface area contributed by atoms with Crippen LogP contribution in [0.1, 0.15) is 24.5 Å². The molecule has 6 nitrogen and oxygen atoms in total. The van der Waals surface area contributed by atoms with E-state index in [2.05, 4.69) is 20.2 Å². The van der Waals surface area contributed by atoms with E-state index in [1.807, 2.05) is 0 Å². The summed E-state index contributed by atoms with van der Waals surface area (Å²) in [6.07, 6.45) is 4.74. The summed E-state index contributed by atoms with van der Waals surface area (Å²) in [5, 5.41) is 12.6. The lowest BCUT2D eigenvalue weighted by Gasteiger charge is -2.32. The Bertz CT molecular complexity index is 732. The molecule has 1 unspecified atom stereocenters. The third-order valence-corrected chi connectivity index (χ3v) is 4.54. The zero-order valence-corrected chi connectivity index (χ0v) is 14.1. The minimum atomic E-state index is -1.43. The van der Waals surface area contributed by atoms with Crippen LogP contribution in [-0.4, -0.2) is 40.6 Å². The van der Waals surface area contributed by atoms with Crippen molar-refractivity contribution in [2.45, 2.75) is 18.9 Å². The maximum Gasteiger partial charge on any atom is 0.223 e. The van der Waals surface area contributed by atoms with Crippen LogP contribution in [-0.2, 0) is 4.79 Å². The summed E-state index contributed by atoms with van der Waals surface area (Å²) < 4.78 is 27.3. The van der Waals surface area contributed by atoms with E-state index in [9.17, 15) is 18.7 Å². The molecule has 1 atom stereocenters. The van der Waals surface area contributed by atoms with Crippen molar-refractivity contribution in [1.29, 1.82) is 0 Å². The molecule has 1 aliphatic heterocycles. The Labute approximate surface area is 149 Å². The molecule has 1 aromatic carbocycles. The molecule has 138 valence electrons. The van der Waals surface area contributed by atoms with Gasteiger partial charge < -0.3 is 15.3 Å². The Morgan fingerprint density at radius 3 is 2.58 bits per heavy atom. The lowest BCUT2D eigenvalue weighted by molar-refractivity contribution is -0.126. The summed E-state index contributed by atoms with van der Waals surface area (Å²) in [4.78, 5) is 22.6. The van der Waals surface area contributed by atoms with E-state index in [1.165, 1.54) is 6.07 Å². The van der Waals surface area contributed by atoms with Gasteiger partial charge in [-0.1, -0.05) is 6.07 Å². The van der Waals surface area contributed by atoms with Crippen molar-refractivity contribution in [3.8, 4) is 0 Å². The fraction of sp³-hybridized carbons (Fsp3) is 0.389. The maximum atomic E-state index is 13.7. The topological polar surface area (TPSA) is 78.4 Å². The first kappa shape index (κ1) is 18.2. The summed E-state index contributed by atoms with van der Waals surface area (Å²) in [7, 11) is 0. The van der Waals surface area contributed by atoms with Crippen LogP contribution in [0.2, 0.25) is 0 Å². The highest BCUT2D eigenvalue weighted by molar-refractivity contribution is 5.79. The molecule has 2 aromatic rings. The highest BCUT2D eigenvalue weighted by Crippen LogP contribution is 2.23. The molecule has 0 bridgehead atoms. The maximum absolute atomic E-state index is 13.7. The first-order valence-electron chi connectivity index (χ1n) is 8.47. The molecule has 0 radical (unpaired) electrons. The van der Waals surface area contributed by atoms with Crippen molar-refractivity contribution in [2.24, 2.45) is 5.92 Å². The van der Waals surface area contributed by atoms with Gasteiger partial charge in [0.05, 0.1) is 11.8 Å². The standard InChI is InChI=1S/C18H20F2N4O2/c19-13-2-1-3-14(20)17(13)15(25)10-23-18(26)12-4-8-24(9-5-12)16-11-21-6-7-22-16/h1-3,6-7,11-12,15,25H,4-5,8-10H2,(H,23,26). The van der Waals surface area contributed by atoms with E-state index in [0.717, 1.165) is 18.0 Å². The number of carbonyl (C=O) groups is 1. The van der Waals surface area contributed by atoms with Crippen LogP contribution >= 0.6 is 0 Å². The molecule has 26 heavy (non-hydrogen) atoms. The normalized spacial score (nSPS) is 16.3. The van der Waals surface area contributed by atoms with E-state index < -0.39 is 23.3 Å². The van der Waals surface area contributed by atoms with Gasteiger partial charge in [0.1, 0.15) is 23.6 Å². The first-order valence-corrected chi connectivity index (χ1v) is 8.47. The average molecular weight is 362 g/mol. The summed E-state index contributed by atoms with van der Waals surface area (Å²) in [6, 6.07) is 3.38. The lowest BCUT2D eigenvalue weighted by Crippen LogP contribution is -2.41. The molecule has 1 fully saturated rings. The molecule has 1 aliphatic rings. The van der Waals surface area contributed by atoms with Gasteiger partial charge in [-0.05, 0) is 25.0 Å². The van der Waals surface area contributed by atoms with Crippen LogP contribution in [0, 0.1) is 17.6 Å². The van der Waals surface area contributed by atoms with Crippen molar-refractivity contribution >= 4 is 11.7 Å². The Hall–Kier alpha value is -2.61. The van der Waals surface area contributed by atoms with Crippen LogP contribution in [0.15, 0.2) is 36.8 Å². The van der Waals surface area contributed by atoms with Crippen molar-refractivity contribution in [1.82, 2.24) is 15.3 Å². The number of nitrogens with zero attached hydrogens (tertiary/aromatic N) is 3. The minimum Gasteiger partial charge on any atom is -0.386 e. The lowest BCUT2D eigenvalue weighted by atomic mass is 9.95.